The van der Waals surface area contributed by atoms with E-state index in [4.69, 9.17) is 9.16 Å². The van der Waals surface area contributed by atoms with Crippen molar-refractivity contribution in [2.75, 3.05) is 4.90 Å². The molecule has 0 saturated heterocycles. The molecule has 0 N–H and O–H groups in total. The number of ether oxygens (including phenoxy) is 1. The summed E-state index contributed by atoms with van der Waals surface area (Å²) in [5, 5.41) is 4.85. The largest absolute Gasteiger partial charge is 0.542 e. The molecule has 9 heteroatoms. The number of rotatable bonds is 3. The highest BCUT2D eigenvalue weighted by molar-refractivity contribution is 6.54. The first-order chi connectivity index (χ1) is 15.8. The van der Waals surface area contributed by atoms with Crippen molar-refractivity contribution in [1.29, 1.82) is 0 Å². The molecule has 34 heavy (non-hydrogen) atoms. The highest BCUT2D eigenvalue weighted by atomic mass is 28.3. The number of amides is 2. The summed E-state index contributed by atoms with van der Waals surface area (Å²) in [6.07, 6.45) is -0.713. The molecule has 1 aliphatic heterocycles. The maximum Gasteiger partial charge on any atom is 0.435 e. The summed E-state index contributed by atoms with van der Waals surface area (Å²) in [5.41, 5.74) is 0.235. The molecule has 2 heterocycles. The van der Waals surface area contributed by atoms with Crippen LogP contribution in [0.25, 0.3) is 10.9 Å². The quantitative estimate of drug-likeness (QED) is 0.369. The zero-order valence-corrected chi connectivity index (χ0v) is 21.4. The Labute approximate surface area is 200 Å². The minimum atomic E-state index is -1.21. The molecule has 0 bridgehead atoms. The van der Waals surface area contributed by atoms with Crippen molar-refractivity contribution in [3.05, 3.63) is 53.6 Å². The second kappa shape index (κ2) is 8.09. The SMILES string of the molecule is C[Si](Oc1ccc2c(N3C(=O)c4ccccc4C3=O)nn(C(=O)OC(C)(C)C)c2c1)C(C)(C)C. The third-order valence-corrected chi connectivity index (χ3v) is 8.19. The fraction of sp³-hybridized carbons (Fsp3) is 0.360. The van der Waals surface area contributed by atoms with E-state index in [1.807, 2.05) is 0 Å². The minimum Gasteiger partial charge on any atom is -0.542 e. The molecule has 0 fully saturated rings. The lowest BCUT2D eigenvalue weighted by Gasteiger charge is -2.25. The van der Waals surface area contributed by atoms with Crippen LogP contribution >= 0.6 is 0 Å². The summed E-state index contributed by atoms with van der Waals surface area (Å²) in [5.74, 6) is -0.305. The minimum absolute atomic E-state index is 0.00361. The number of anilines is 1. The van der Waals surface area contributed by atoms with Crippen LogP contribution in [-0.4, -0.2) is 42.3 Å². The highest BCUT2D eigenvalue weighted by Gasteiger charge is 2.39. The van der Waals surface area contributed by atoms with Crippen LogP contribution in [0.5, 0.6) is 5.75 Å². The Kier molecular flexibility index (Phi) is 5.63. The summed E-state index contributed by atoms with van der Waals surface area (Å²) in [4.78, 5) is 40.2. The van der Waals surface area contributed by atoms with Gasteiger partial charge in [-0.1, -0.05) is 32.9 Å². The van der Waals surface area contributed by atoms with Crippen molar-refractivity contribution in [3.8, 4) is 5.75 Å². The topological polar surface area (TPSA) is 90.7 Å². The van der Waals surface area contributed by atoms with Crippen LogP contribution in [0.3, 0.4) is 0 Å². The third kappa shape index (κ3) is 4.23. The molecule has 1 aromatic heterocycles. The predicted molar refractivity (Wildman–Crippen MR) is 131 cm³/mol. The van der Waals surface area contributed by atoms with Crippen LogP contribution in [0.4, 0.5) is 10.6 Å². The molecule has 0 atom stereocenters. The van der Waals surface area contributed by atoms with Crippen LogP contribution < -0.4 is 9.33 Å². The van der Waals surface area contributed by atoms with Crippen LogP contribution in [0.1, 0.15) is 62.3 Å². The fourth-order valence-electron chi connectivity index (χ4n) is 3.46. The zero-order valence-electron chi connectivity index (χ0n) is 20.4. The average molecular weight is 479 g/mol. The first kappa shape index (κ1) is 23.7. The number of imide groups is 1. The molecule has 1 radical (unpaired) electrons. The normalized spacial score (nSPS) is 14.2. The van der Waals surface area contributed by atoms with Gasteiger partial charge in [-0.15, -0.1) is 5.10 Å². The van der Waals surface area contributed by atoms with Gasteiger partial charge in [0.05, 0.1) is 16.6 Å². The van der Waals surface area contributed by atoms with Gasteiger partial charge in [-0.3, -0.25) is 9.59 Å². The van der Waals surface area contributed by atoms with Gasteiger partial charge in [-0.05, 0) is 56.6 Å². The Hall–Kier alpha value is -3.46. The Morgan fingerprint density at radius 1 is 0.941 bits per heavy atom. The van der Waals surface area contributed by atoms with Crippen LogP contribution in [0.2, 0.25) is 11.6 Å². The number of carbonyl (C=O) groups excluding carboxylic acids is 3. The van der Waals surface area contributed by atoms with E-state index in [-0.39, 0.29) is 10.9 Å². The van der Waals surface area contributed by atoms with Crippen molar-refractivity contribution < 1.29 is 23.5 Å². The maximum absolute atomic E-state index is 13.1. The molecule has 2 amide bonds. The second-order valence-corrected chi connectivity index (χ2v) is 13.1. The Balaban J connectivity index is 1.84. The summed E-state index contributed by atoms with van der Waals surface area (Å²) < 4.78 is 12.8. The molecular formula is C25H28N3O5Si. The summed E-state index contributed by atoms with van der Waals surface area (Å²) >= 11 is 0. The van der Waals surface area contributed by atoms with E-state index >= 15 is 0 Å². The summed E-state index contributed by atoms with van der Waals surface area (Å²) in [6.45, 7) is 13.7. The van der Waals surface area contributed by atoms with Crippen molar-refractivity contribution >= 4 is 43.7 Å². The van der Waals surface area contributed by atoms with Gasteiger partial charge in [-0.2, -0.15) is 4.68 Å². The predicted octanol–water partition coefficient (Wildman–Crippen LogP) is 5.42. The molecule has 8 nitrogen and oxygen atoms in total. The molecule has 4 rings (SSSR count). The first-order valence-electron chi connectivity index (χ1n) is 11.0. The number of fused-ring (bicyclic) bond motifs is 2. The molecule has 177 valence electrons. The molecule has 1 aliphatic rings. The van der Waals surface area contributed by atoms with Crippen molar-refractivity contribution in [2.45, 2.75) is 58.7 Å². The average Bonchev–Trinajstić information content (AvgIpc) is 3.21. The van der Waals surface area contributed by atoms with E-state index in [1.165, 1.54) is 0 Å². The first-order valence-corrected chi connectivity index (χ1v) is 12.9. The molecule has 2 aromatic carbocycles. The lowest BCUT2D eigenvalue weighted by Crippen LogP contribution is -2.31. The van der Waals surface area contributed by atoms with Crippen molar-refractivity contribution in [1.82, 2.24) is 9.78 Å². The molecule has 0 spiro atoms. The zero-order chi connectivity index (χ0) is 25.0. The second-order valence-electron chi connectivity index (χ2n) is 10.3. The lowest BCUT2D eigenvalue weighted by molar-refractivity contribution is 0.0521. The lowest BCUT2D eigenvalue weighted by atomic mass is 10.1. The van der Waals surface area contributed by atoms with Gasteiger partial charge in [0.1, 0.15) is 11.4 Å². The number of benzene rings is 2. The molecule has 0 unspecified atom stereocenters. The highest BCUT2D eigenvalue weighted by Crippen LogP contribution is 2.36. The summed E-state index contributed by atoms with van der Waals surface area (Å²) in [7, 11) is -1.21. The number of hydrogen-bond donors (Lipinski definition) is 0. The van der Waals surface area contributed by atoms with Crippen LogP contribution in [-0.2, 0) is 4.74 Å². The van der Waals surface area contributed by atoms with Gasteiger partial charge < -0.3 is 9.16 Å². The summed E-state index contributed by atoms with van der Waals surface area (Å²) in [6, 6.07) is 11.8. The standard InChI is InChI=1S/C25H28N3O5Si/c1-24(2,3)32-23(31)28-19-14-15(33-34(7)25(4,5)6)12-13-18(19)20(26-28)27-21(29)16-10-8-9-11-17(16)22(27)30/h8-14H,1-7H3. The number of nitrogens with zero attached hydrogens (tertiary/aromatic N) is 3. The number of aromatic nitrogens is 2. The van der Waals surface area contributed by atoms with Gasteiger partial charge in [0.15, 0.2) is 5.82 Å². The number of hydrogen-bond acceptors (Lipinski definition) is 6. The van der Waals surface area contributed by atoms with Gasteiger partial charge in [0.2, 0.25) is 0 Å². The van der Waals surface area contributed by atoms with Crippen molar-refractivity contribution in [3.63, 3.8) is 0 Å². The molecule has 0 aliphatic carbocycles. The van der Waals surface area contributed by atoms with E-state index < -0.39 is 32.5 Å². The fourth-order valence-corrected chi connectivity index (χ4v) is 4.25. The molecule has 0 saturated carbocycles. The Morgan fingerprint density at radius 3 is 2.06 bits per heavy atom. The van der Waals surface area contributed by atoms with E-state index in [9.17, 15) is 14.4 Å². The third-order valence-electron chi connectivity index (χ3n) is 5.53. The Morgan fingerprint density at radius 2 is 1.53 bits per heavy atom. The van der Waals surface area contributed by atoms with E-state index in [2.05, 4.69) is 32.4 Å². The molecular weight excluding hydrogens is 450 g/mol. The van der Waals surface area contributed by atoms with Gasteiger partial charge in [0, 0.05) is 11.5 Å². The van der Waals surface area contributed by atoms with Gasteiger partial charge in [-0.25, -0.2) is 9.69 Å². The Bertz CT molecular complexity index is 1280. The van der Waals surface area contributed by atoms with Crippen LogP contribution in [0, 0.1) is 0 Å². The van der Waals surface area contributed by atoms with Gasteiger partial charge in [0.25, 0.3) is 20.9 Å². The smallest absolute Gasteiger partial charge is 0.435 e. The van der Waals surface area contributed by atoms with E-state index in [1.54, 1.807) is 63.2 Å². The monoisotopic (exact) mass is 478 g/mol. The maximum atomic E-state index is 13.1. The number of carbonyl (C=O) groups is 3. The van der Waals surface area contributed by atoms with Gasteiger partial charge >= 0.3 is 6.09 Å². The molecule has 3 aromatic rings. The van der Waals surface area contributed by atoms with Crippen molar-refractivity contribution in [2.24, 2.45) is 0 Å². The van der Waals surface area contributed by atoms with Crippen LogP contribution in [0.15, 0.2) is 42.5 Å². The van der Waals surface area contributed by atoms with E-state index in [0.29, 0.717) is 27.8 Å². The van der Waals surface area contributed by atoms with E-state index in [0.717, 1.165) is 9.58 Å².